The van der Waals surface area contributed by atoms with Gasteiger partial charge < -0.3 is 0 Å². The molecule has 0 aliphatic heterocycles. The van der Waals surface area contributed by atoms with Gasteiger partial charge in [0.1, 0.15) is 0 Å². The molecule has 0 spiro atoms. The molecule has 1 rings (SSSR count). The largest absolute Gasteiger partial charge is 0.270 e. The van der Waals surface area contributed by atoms with Gasteiger partial charge in [0.2, 0.25) is 0 Å². The van der Waals surface area contributed by atoms with E-state index in [1.54, 1.807) is 6.07 Å². The molecule has 4 nitrogen and oxygen atoms in total. The monoisotopic (exact) mass is 261 g/mol. The Hall–Kier alpha value is -0.940. The van der Waals surface area contributed by atoms with E-state index in [2.05, 4.69) is 0 Å². The number of benzene rings is 1. The van der Waals surface area contributed by atoms with Gasteiger partial charge in [-0.15, -0.1) is 0 Å². The highest BCUT2D eigenvalue weighted by molar-refractivity contribution is 7.84. The second-order valence-electron chi connectivity index (χ2n) is 3.22. The standard InChI is InChI=1S/C10H12ClNO3S/c1-2-16(15)6-5-8-3-4-9(12(13)14)7-10(8)11/h3-4,7H,2,5-6H2,1H3. The van der Waals surface area contributed by atoms with Crippen LogP contribution in [0.1, 0.15) is 12.5 Å². The second-order valence-corrected chi connectivity index (χ2v) is 5.49. The number of nitro groups is 1. The first kappa shape index (κ1) is 13.1. The maximum Gasteiger partial charge on any atom is 0.270 e. The minimum absolute atomic E-state index is 0.0228. The molecule has 0 bridgehead atoms. The van der Waals surface area contributed by atoms with Crippen LogP contribution in [-0.2, 0) is 17.2 Å². The van der Waals surface area contributed by atoms with E-state index in [4.69, 9.17) is 11.6 Å². The molecule has 0 aliphatic rings. The number of nitro benzene ring substituents is 1. The molecule has 1 aromatic rings. The van der Waals surface area contributed by atoms with Crippen molar-refractivity contribution in [1.29, 1.82) is 0 Å². The highest BCUT2D eigenvalue weighted by Gasteiger charge is 2.09. The first-order valence-corrected chi connectivity index (χ1v) is 6.69. The molecule has 1 unspecified atom stereocenters. The quantitative estimate of drug-likeness (QED) is 0.605. The summed E-state index contributed by atoms with van der Waals surface area (Å²) in [4.78, 5) is 9.99. The summed E-state index contributed by atoms with van der Waals surface area (Å²) >= 11 is 5.90. The topological polar surface area (TPSA) is 60.2 Å². The number of non-ortho nitro benzene ring substituents is 1. The normalized spacial score (nSPS) is 12.4. The molecule has 0 saturated heterocycles. The van der Waals surface area contributed by atoms with Crippen LogP contribution in [0.25, 0.3) is 0 Å². The van der Waals surface area contributed by atoms with Crippen LogP contribution in [0.5, 0.6) is 0 Å². The third-order valence-corrected chi connectivity index (χ3v) is 3.82. The van der Waals surface area contributed by atoms with Gasteiger partial charge in [-0.1, -0.05) is 24.6 Å². The summed E-state index contributed by atoms with van der Waals surface area (Å²) in [6.45, 7) is 1.85. The van der Waals surface area contributed by atoms with Crippen LogP contribution >= 0.6 is 11.6 Å². The van der Waals surface area contributed by atoms with Gasteiger partial charge >= 0.3 is 0 Å². The lowest BCUT2D eigenvalue weighted by Crippen LogP contribution is -2.03. The van der Waals surface area contributed by atoms with Crippen LogP contribution in [0.15, 0.2) is 18.2 Å². The van der Waals surface area contributed by atoms with Crippen molar-refractivity contribution >= 4 is 28.1 Å². The Morgan fingerprint density at radius 3 is 2.69 bits per heavy atom. The third kappa shape index (κ3) is 3.57. The summed E-state index contributed by atoms with van der Waals surface area (Å²) in [6, 6.07) is 4.36. The summed E-state index contributed by atoms with van der Waals surface area (Å²) < 4.78 is 11.2. The van der Waals surface area contributed by atoms with E-state index in [1.807, 2.05) is 6.92 Å². The minimum atomic E-state index is -0.842. The van der Waals surface area contributed by atoms with E-state index < -0.39 is 15.7 Å². The fraction of sp³-hybridized carbons (Fsp3) is 0.400. The van der Waals surface area contributed by atoms with Gasteiger partial charge in [-0.25, -0.2) is 0 Å². The van der Waals surface area contributed by atoms with E-state index in [0.717, 1.165) is 5.56 Å². The van der Waals surface area contributed by atoms with Gasteiger partial charge in [0, 0.05) is 34.4 Å². The maximum absolute atomic E-state index is 11.2. The van der Waals surface area contributed by atoms with Gasteiger partial charge in [-0.05, 0) is 12.0 Å². The SMILES string of the molecule is CCS(=O)CCc1ccc([N+](=O)[O-])cc1Cl. The average molecular weight is 262 g/mol. The first-order valence-electron chi connectivity index (χ1n) is 4.82. The first-order chi connectivity index (χ1) is 7.54. The van der Waals surface area contributed by atoms with Crippen molar-refractivity contribution in [1.82, 2.24) is 0 Å². The summed E-state index contributed by atoms with van der Waals surface area (Å²) in [5.74, 6) is 1.15. The molecule has 1 aromatic carbocycles. The summed E-state index contributed by atoms with van der Waals surface area (Å²) in [5.41, 5.74) is 0.777. The Morgan fingerprint density at radius 1 is 1.50 bits per heavy atom. The number of aryl methyl sites for hydroxylation is 1. The van der Waals surface area contributed by atoms with Crippen molar-refractivity contribution in [2.75, 3.05) is 11.5 Å². The van der Waals surface area contributed by atoms with Crippen molar-refractivity contribution in [2.24, 2.45) is 0 Å². The summed E-state index contributed by atoms with van der Waals surface area (Å²) in [7, 11) is -0.842. The predicted molar refractivity (Wildman–Crippen MR) is 65.4 cm³/mol. The van der Waals surface area contributed by atoms with Crippen molar-refractivity contribution in [3.05, 3.63) is 38.9 Å². The molecule has 0 N–H and O–H groups in total. The fourth-order valence-electron chi connectivity index (χ4n) is 1.22. The number of hydrogen-bond donors (Lipinski definition) is 0. The minimum Gasteiger partial charge on any atom is -0.260 e. The Labute approximate surface area is 101 Å². The fourth-order valence-corrected chi connectivity index (χ4v) is 2.23. The molecule has 0 amide bonds. The number of nitrogens with zero attached hydrogens (tertiary/aromatic N) is 1. The molecule has 0 radical (unpaired) electrons. The average Bonchev–Trinajstić information content (AvgIpc) is 2.26. The molecule has 0 fully saturated rings. The second kappa shape index (κ2) is 5.96. The lowest BCUT2D eigenvalue weighted by atomic mass is 10.1. The van der Waals surface area contributed by atoms with Crippen molar-refractivity contribution in [2.45, 2.75) is 13.3 Å². The Morgan fingerprint density at radius 2 is 2.19 bits per heavy atom. The van der Waals surface area contributed by atoms with E-state index in [1.165, 1.54) is 12.1 Å². The lowest BCUT2D eigenvalue weighted by Gasteiger charge is -2.03. The number of rotatable bonds is 5. The lowest BCUT2D eigenvalue weighted by molar-refractivity contribution is -0.384. The van der Waals surface area contributed by atoms with Gasteiger partial charge in [0.05, 0.1) is 9.95 Å². The molecular formula is C10H12ClNO3S. The molecular weight excluding hydrogens is 250 g/mol. The third-order valence-electron chi connectivity index (χ3n) is 2.17. The zero-order chi connectivity index (χ0) is 12.1. The van der Waals surface area contributed by atoms with E-state index >= 15 is 0 Å². The summed E-state index contributed by atoms with van der Waals surface area (Å²) in [5, 5.41) is 10.8. The van der Waals surface area contributed by atoms with Crippen LogP contribution in [0.4, 0.5) is 5.69 Å². The molecule has 16 heavy (non-hydrogen) atoms. The smallest absolute Gasteiger partial charge is 0.260 e. The van der Waals surface area contributed by atoms with Crippen LogP contribution in [0.3, 0.4) is 0 Å². The van der Waals surface area contributed by atoms with Crippen molar-refractivity contribution in [3.8, 4) is 0 Å². The van der Waals surface area contributed by atoms with Crippen LogP contribution in [-0.4, -0.2) is 20.6 Å². The molecule has 88 valence electrons. The van der Waals surface area contributed by atoms with E-state index in [9.17, 15) is 14.3 Å². The predicted octanol–water partition coefficient (Wildman–Crippen LogP) is 2.56. The number of halogens is 1. The Bertz CT molecular complexity index is 423. The van der Waals surface area contributed by atoms with Crippen molar-refractivity contribution < 1.29 is 9.13 Å². The van der Waals surface area contributed by atoms with Gasteiger partial charge in [-0.2, -0.15) is 0 Å². The van der Waals surface area contributed by atoms with Gasteiger partial charge in [-0.3, -0.25) is 14.3 Å². The molecule has 0 aliphatic carbocycles. The zero-order valence-electron chi connectivity index (χ0n) is 8.81. The van der Waals surface area contributed by atoms with Crippen LogP contribution in [0.2, 0.25) is 5.02 Å². The Balaban J connectivity index is 2.75. The molecule has 1 atom stereocenters. The molecule has 0 saturated carbocycles. The summed E-state index contributed by atoms with van der Waals surface area (Å²) in [6.07, 6.45) is 0.581. The van der Waals surface area contributed by atoms with Crippen molar-refractivity contribution in [3.63, 3.8) is 0 Å². The highest BCUT2D eigenvalue weighted by Crippen LogP contribution is 2.22. The molecule has 6 heteroatoms. The maximum atomic E-state index is 11.2. The highest BCUT2D eigenvalue weighted by atomic mass is 35.5. The Kier molecular flexibility index (Phi) is 4.89. The zero-order valence-corrected chi connectivity index (χ0v) is 10.4. The van der Waals surface area contributed by atoms with E-state index in [0.29, 0.717) is 22.9 Å². The van der Waals surface area contributed by atoms with Gasteiger partial charge in [0.15, 0.2) is 0 Å². The van der Waals surface area contributed by atoms with Crippen LogP contribution < -0.4 is 0 Å². The van der Waals surface area contributed by atoms with Crippen LogP contribution in [0, 0.1) is 10.1 Å². The van der Waals surface area contributed by atoms with E-state index in [-0.39, 0.29) is 5.69 Å². The molecule has 0 aromatic heterocycles. The number of hydrogen-bond acceptors (Lipinski definition) is 3. The van der Waals surface area contributed by atoms with Gasteiger partial charge in [0.25, 0.3) is 5.69 Å². The molecule has 0 heterocycles.